The number of benzene rings is 2. The summed E-state index contributed by atoms with van der Waals surface area (Å²) in [5.74, 6) is -0.826. The summed E-state index contributed by atoms with van der Waals surface area (Å²) in [6.45, 7) is 1.06. The van der Waals surface area contributed by atoms with Crippen LogP contribution >= 0.6 is 0 Å². The first-order valence-electron chi connectivity index (χ1n) is 9.98. The Morgan fingerprint density at radius 3 is 2.74 bits per heavy atom. The van der Waals surface area contributed by atoms with Gasteiger partial charge in [0.2, 0.25) is 5.91 Å². The van der Waals surface area contributed by atoms with Gasteiger partial charge >= 0.3 is 0 Å². The maximum Gasteiger partial charge on any atom is 0.256 e. The Balaban J connectivity index is 1.37. The zero-order chi connectivity index (χ0) is 21.6. The zero-order valence-corrected chi connectivity index (χ0v) is 16.8. The van der Waals surface area contributed by atoms with E-state index < -0.39 is 17.6 Å². The molecule has 1 aliphatic heterocycles. The summed E-state index contributed by atoms with van der Waals surface area (Å²) in [6.07, 6.45) is 0. The van der Waals surface area contributed by atoms with Crippen molar-refractivity contribution in [2.45, 2.75) is 6.54 Å². The van der Waals surface area contributed by atoms with E-state index in [2.05, 4.69) is 20.5 Å². The van der Waals surface area contributed by atoms with E-state index in [1.54, 1.807) is 6.07 Å². The number of halogens is 1. The second-order valence-electron chi connectivity index (χ2n) is 7.19. The summed E-state index contributed by atoms with van der Waals surface area (Å²) < 4.78 is 19.5. The average Bonchev–Trinajstić information content (AvgIpc) is 3.14. The van der Waals surface area contributed by atoms with Gasteiger partial charge in [-0.05, 0) is 12.1 Å². The van der Waals surface area contributed by atoms with Gasteiger partial charge in [-0.3, -0.25) is 14.7 Å². The molecule has 8 nitrogen and oxygen atoms in total. The molecule has 4 rings (SSSR count). The lowest BCUT2D eigenvalue weighted by Crippen LogP contribution is -2.42. The SMILES string of the molecule is O=C(NCc1nc(-c2ccccc2)n[nH]1)C1COCCN(C(=O)c2ccccc2F)C1. The van der Waals surface area contributed by atoms with E-state index in [-0.39, 0.29) is 37.8 Å². The van der Waals surface area contributed by atoms with E-state index in [1.807, 2.05) is 30.3 Å². The number of amides is 2. The molecule has 160 valence electrons. The van der Waals surface area contributed by atoms with Crippen LogP contribution in [0.25, 0.3) is 11.4 Å². The zero-order valence-electron chi connectivity index (χ0n) is 16.8. The third-order valence-electron chi connectivity index (χ3n) is 5.02. The van der Waals surface area contributed by atoms with E-state index in [9.17, 15) is 14.0 Å². The number of aromatic amines is 1. The number of nitrogens with one attached hydrogen (secondary N) is 2. The molecular formula is C22H22FN5O3. The number of carbonyl (C=O) groups is 2. The van der Waals surface area contributed by atoms with Gasteiger partial charge < -0.3 is 15.0 Å². The second-order valence-corrected chi connectivity index (χ2v) is 7.19. The monoisotopic (exact) mass is 423 g/mol. The highest BCUT2D eigenvalue weighted by molar-refractivity contribution is 5.95. The van der Waals surface area contributed by atoms with Crippen LogP contribution in [0.3, 0.4) is 0 Å². The molecule has 9 heteroatoms. The third kappa shape index (κ3) is 4.95. The van der Waals surface area contributed by atoms with Gasteiger partial charge in [-0.1, -0.05) is 42.5 Å². The second kappa shape index (κ2) is 9.48. The molecule has 1 atom stereocenters. The van der Waals surface area contributed by atoms with Crippen LogP contribution in [0.5, 0.6) is 0 Å². The Morgan fingerprint density at radius 2 is 1.94 bits per heavy atom. The van der Waals surface area contributed by atoms with Crippen molar-refractivity contribution in [3.05, 3.63) is 71.8 Å². The fourth-order valence-corrected chi connectivity index (χ4v) is 3.36. The van der Waals surface area contributed by atoms with Crippen LogP contribution < -0.4 is 5.32 Å². The summed E-state index contributed by atoms with van der Waals surface area (Å²) in [6, 6.07) is 15.3. The smallest absolute Gasteiger partial charge is 0.256 e. The van der Waals surface area contributed by atoms with E-state index in [4.69, 9.17) is 4.74 Å². The van der Waals surface area contributed by atoms with Crippen molar-refractivity contribution < 1.29 is 18.7 Å². The van der Waals surface area contributed by atoms with Crippen LogP contribution in [-0.2, 0) is 16.1 Å². The average molecular weight is 423 g/mol. The van der Waals surface area contributed by atoms with Crippen LogP contribution in [0.1, 0.15) is 16.2 Å². The molecule has 1 saturated heterocycles. The van der Waals surface area contributed by atoms with Crippen LogP contribution in [0.2, 0.25) is 0 Å². The predicted octanol–water partition coefficient (Wildman–Crippen LogP) is 2.02. The molecule has 2 amide bonds. The number of aromatic nitrogens is 3. The first-order valence-corrected chi connectivity index (χ1v) is 9.98. The van der Waals surface area contributed by atoms with Gasteiger partial charge in [0.25, 0.3) is 5.91 Å². The number of rotatable bonds is 5. The Bertz CT molecular complexity index is 1060. The normalized spacial score (nSPS) is 16.5. The molecule has 2 heterocycles. The molecular weight excluding hydrogens is 401 g/mol. The van der Waals surface area contributed by atoms with Gasteiger partial charge in [-0.15, -0.1) is 0 Å². The number of carbonyl (C=O) groups excluding carboxylic acids is 2. The molecule has 0 radical (unpaired) electrons. The minimum Gasteiger partial charge on any atom is -0.379 e. The van der Waals surface area contributed by atoms with Crippen molar-refractivity contribution in [1.29, 1.82) is 0 Å². The molecule has 2 N–H and O–H groups in total. The molecule has 0 spiro atoms. The predicted molar refractivity (Wildman–Crippen MR) is 110 cm³/mol. The van der Waals surface area contributed by atoms with Gasteiger partial charge in [0, 0.05) is 18.7 Å². The van der Waals surface area contributed by atoms with Crippen molar-refractivity contribution in [3.63, 3.8) is 0 Å². The number of H-pyrrole nitrogens is 1. The first-order chi connectivity index (χ1) is 15.1. The molecule has 31 heavy (non-hydrogen) atoms. The van der Waals surface area contributed by atoms with E-state index in [0.29, 0.717) is 18.2 Å². The fourth-order valence-electron chi connectivity index (χ4n) is 3.36. The fraction of sp³-hybridized carbons (Fsp3) is 0.273. The Morgan fingerprint density at radius 1 is 1.16 bits per heavy atom. The summed E-state index contributed by atoms with van der Waals surface area (Å²) in [5, 5.41) is 9.79. The third-order valence-corrected chi connectivity index (χ3v) is 5.02. The lowest BCUT2D eigenvalue weighted by atomic mass is 10.1. The van der Waals surface area contributed by atoms with E-state index in [0.717, 1.165) is 5.56 Å². The maximum atomic E-state index is 14.0. The van der Waals surface area contributed by atoms with E-state index in [1.165, 1.54) is 23.1 Å². The number of hydrogen-bond acceptors (Lipinski definition) is 5. The molecule has 1 aromatic heterocycles. The quantitative estimate of drug-likeness (QED) is 0.654. The Hall–Kier alpha value is -3.59. The van der Waals surface area contributed by atoms with Gasteiger partial charge in [-0.2, -0.15) is 5.10 Å². The van der Waals surface area contributed by atoms with Crippen molar-refractivity contribution in [1.82, 2.24) is 25.4 Å². The van der Waals surface area contributed by atoms with E-state index >= 15 is 0 Å². The van der Waals surface area contributed by atoms with Gasteiger partial charge in [0.1, 0.15) is 11.6 Å². The minimum absolute atomic E-state index is 0.0151. The summed E-state index contributed by atoms with van der Waals surface area (Å²) in [5.41, 5.74) is 0.856. The van der Waals surface area contributed by atoms with Crippen molar-refractivity contribution in [2.24, 2.45) is 5.92 Å². The van der Waals surface area contributed by atoms with Crippen LogP contribution in [-0.4, -0.2) is 58.2 Å². The van der Waals surface area contributed by atoms with Crippen LogP contribution in [0.4, 0.5) is 4.39 Å². The molecule has 1 fully saturated rings. The number of hydrogen-bond donors (Lipinski definition) is 2. The van der Waals surface area contributed by atoms with Crippen molar-refractivity contribution in [3.8, 4) is 11.4 Å². The standard InChI is InChI=1S/C22H22FN5O3/c23-18-9-5-4-8-17(18)22(30)28-10-11-31-14-16(13-28)21(29)24-12-19-25-20(27-26-19)15-6-2-1-3-7-15/h1-9,16H,10-14H2,(H,24,29)(H,25,26,27). The molecule has 0 bridgehead atoms. The highest BCUT2D eigenvalue weighted by atomic mass is 19.1. The lowest BCUT2D eigenvalue weighted by molar-refractivity contribution is -0.126. The highest BCUT2D eigenvalue weighted by Crippen LogP contribution is 2.15. The minimum atomic E-state index is -0.585. The van der Waals surface area contributed by atoms with Crippen LogP contribution in [0, 0.1) is 11.7 Å². The van der Waals surface area contributed by atoms with Crippen LogP contribution in [0.15, 0.2) is 54.6 Å². The topological polar surface area (TPSA) is 100 Å². The summed E-state index contributed by atoms with van der Waals surface area (Å²) >= 11 is 0. The largest absolute Gasteiger partial charge is 0.379 e. The molecule has 1 unspecified atom stereocenters. The lowest BCUT2D eigenvalue weighted by Gasteiger charge is -2.23. The molecule has 2 aromatic carbocycles. The molecule has 1 aliphatic rings. The van der Waals surface area contributed by atoms with Gasteiger partial charge in [0.05, 0.1) is 31.2 Å². The first kappa shape index (κ1) is 20.7. The molecule has 0 aliphatic carbocycles. The summed E-state index contributed by atoms with van der Waals surface area (Å²) in [7, 11) is 0. The number of nitrogens with zero attached hydrogens (tertiary/aromatic N) is 3. The molecule has 3 aromatic rings. The highest BCUT2D eigenvalue weighted by Gasteiger charge is 2.29. The van der Waals surface area contributed by atoms with Crippen molar-refractivity contribution in [2.75, 3.05) is 26.3 Å². The van der Waals surface area contributed by atoms with Crippen molar-refractivity contribution >= 4 is 11.8 Å². The number of ether oxygens (including phenoxy) is 1. The van der Waals surface area contributed by atoms with Gasteiger partial charge in [-0.25, -0.2) is 9.37 Å². The van der Waals surface area contributed by atoms with Gasteiger partial charge in [0.15, 0.2) is 5.82 Å². The summed E-state index contributed by atoms with van der Waals surface area (Å²) in [4.78, 5) is 31.3. The Labute approximate surface area is 178 Å². The molecule has 0 saturated carbocycles. The Kier molecular flexibility index (Phi) is 6.32. The maximum absolute atomic E-state index is 14.0.